The molecule has 2 saturated heterocycles. The molecule has 0 spiro atoms. The van der Waals surface area contributed by atoms with Crippen LogP contribution < -0.4 is 20.3 Å². The number of aliphatic imine (C=N–C) groups is 1. The second-order valence-electron chi connectivity index (χ2n) is 7.12. The summed E-state index contributed by atoms with van der Waals surface area (Å²) < 4.78 is 10.8. The van der Waals surface area contributed by atoms with E-state index in [1.165, 1.54) is 0 Å². The van der Waals surface area contributed by atoms with Crippen molar-refractivity contribution in [1.29, 1.82) is 0 Å². The Morgan fingerprint density at radius 1 is 1.46 bits per heavy atom. The molecule has 8 heteroatoms. The molecule has 1 aromatic carbocycles. The van der Waals surface area contributed by atoms with E-state index in [0.717, 1.165) is 61.7 Å². The van der Waals surface area contributed by atoms with Crippen molar-refractivity contribution >= 4 is 47.2 Å². The quantitative estimate of drug-likeness (QED) is 0.375. The minimum Gasteiger partial charge on any atom is -0.495 e. The fourth-order valence-electron chi connectivity index (χ4n) is 3.24. The first kappa shape index (κ1) is 21.4. The van der Waals surface area contributed by atoms with Crippen LogP contribution in [0.5, 0.6) is 5.75 Å². The summed E-state index contributed by atoms with van der Waals surface area (Å²) in [6.07, 6.45) is 1.04. The third-order valence-electron chi connectivity index (χ3n) is 4.82. The van der Waals surface area contributed by atoms with Gasteiger partial charge in [-0.3, -0.25) is 4.99 Å². The van der Waals surface area contributed by atoms with Crippen LogP contribution in [0.4, 0.5) is 5.69 Å². The van der Waals surface area contributed by atoms with E-state index in [0.29, 0.717) is 6.04 Å². The minimum atomic E-state index is 0. The van der Waals surface area contributed by atoms with Gasteiger partial charge >= 0.3 is 0 Å². The van der Waals surface area contributed by atoms with Crippen LogP contribution in [0.3, 0.4) is 0 Å². The Kier molecular flexibility index (Phi) is 7.66. The van der Waals surface area contributed by atoms with E-state index in [-0.39, 0.29) is 29.4 Å². The molecular formula is C18H28ClIN4O2. The molecule has 2 N–H and O–H groups in total. The molecule has 2 heterocycles. The standard InChI is InChI=1S/C18H27ClN4O2.HI/c1-18(11-25-12-18)10-21-17(20-2)22-14-6-7-23(9-14)15-8-13(19)4-5-16(15)24-3;/h4-5,8,14H,6-7,9-12H2,1-3H3,(H2,20,21,22);1H. The Hall–Kier alpha value is -0.930. The molecule has 6 nitrogen and oxygen atoms in total. The zero-order chi connectivity index (χ0) is 17.9. The molecule has 2 fully saturated rings. The Bertz CT molecular complexity index is 640. The van der Waals surface area contributed by atoms with E-state index < -0.39 is 0 Å². The fourth-order valence-corrected chi connectivity index (χ4v) is 3.41. The number of hydrogen-bond acceptors (Lipinski definition) is 4. The summed E-state index contributed by atoms with van der Waals surface area (Å²) in [5.41, 5.74) is 1.26. The zero-order valence-electron chi connectivity index (χ0n) is 15.5. The van der Waals surface area contributed by atoms with Gasteiger partial charge in [0.1, 0.15) is 5.75 Å². The zero-order valence-corrected chi connectivity index (χ0v) is 18.6. The van der Waals surface area contributed by atoms with Crippen LogP contribution >= 0.6 is 35.6 Å². The average Bonchev–Trinajstić information content (AvgIpc) is 3.05. The summed E-state index contributed by atoms with van der Waals surface area (Å²) in [5.74, 6) is 1.70. The fraction of sp³-hybridized carbons (Fsp3) is 0.611. The Morgan fingerprint density at radius 2 is 2.23 bits per heavy atom. The number of ether oxygens (including phenoxy) is 2. The third-order valence-corrected chi connectivity index (χ3v) is 5.05. The van der Waals surface area contributed by atoms with Crippen LogP contribution in [0, 0.1) is 5.41 Å². The van der Waals surface area contributed by atoms with Gasteiger partial charge in [-0.05, 0) is 24.6 Å². The van der Waals surface area contributed by atoms with E-state index in [1.807, 2.05) is 25.2 Å². The maximum absolute atomic E-state index is 6.16. The van der Waals surface area contributed by atoms with Crippen LogP contribution in [-0.4, -0.2) is 59.0 Å². The minimum absolute atomic E-state index is 0. The van der Waals surface area contributed by atoms with E-state index in [2.05, 4.69) is 27.4 Å². The van der Waals surface area contributed by atoms with Crippen LogP contribution in [0.2, 0.25) is 5.02 Å². The highest BCUT2D eigenvalue weighted by Gasteiger charge is 2.33. The van der Waals surface area contributed by atoms with Crippen molar-refractivity contribution < 1.29 is 9.47 Å². The number of benzene rings is 1. The molecule has 0 amide bonds. The Morgan fingerprint density at radius 3 is 2.85 bits per heavy atom. The van der Waals surface area contributed by atoms with Gasteiger partial charge < -0.3 is 25.0 Å². The van der Waals surface area contributed by atoms with Crippen molar-refractivity contribution in [2.75, 3.05) is 51.9 Å². The van der Waals surface area contributed by atoms with E-state index in [9.17, 15) is 0 Å². The molecule has 1 atom stereocenters. The number of anilines is 1. The molecular weight excluding hydrogens is 467 g/mol. The van der Waals surface area contributed by atoms with Gasteiger partial charge in [0.15, 0.2) is 5.96 Å². The van der Waals surface area contributed by atoms with Crippen molar-refractivity contribution in [3.05, 3.63) is 23.2 Å². The van der Waals surface area contributed by atoms with Gasteiger partial charge in [-0.15, -0.1) is 24.0 Å². The van der Waals surface area contributed by atoms with Gasteiger partial charge in [-0.25, -0.2) is 0 Å². The summed E-state index contributed by atoms with van der Waals surface area (Å²) in [4.78, 5) is 6.65. The van der Waals surface area contributed by atoms with Gasteiger partial charge in [-0.1, -0.05) is 18.5 Å². The topological polar surface area (TPSA) is 58.1 Å². The molecule has 2 aliphatic heterocycles. The number of halogens is 2. The number of rotatable bonds is 5. The molecule has 0 bridgehead atoms. The molecule has 0 aliphatic carbocycles. The lowest BCUT2D eigenvalue weighted by Crippen LogP contribution is -2.52. The van der Waals surface area contributed by atoms with E-state index >= 15 is 0 Å². The monoisotopic (exact) mass is 494 g/mol. The highest BCUT2D eigenvalue weighted by molar-refractivity contribution is 14.0. The lowest BCUT2D eigenvalue weighted by molar-refractivity contribution is -0.0971. The van der Waals surface area contributed by atoms with Gasteiger partial charge in [-0.2, -0.15) is 0 Å². The van der Waals surface area contributed by atoms with Crippen molar-refractivity contribution in [2.45, 2.75) is 19.4 Å². The summed E-state index contributed by atoms with van der Waals surface area (Å²) in [7, 11) is 3.50. The first-order chi connectivity index (χ1) is 12.0. The van der Waals surface area contributed by atoms with Gasteiger partial charge in [0.2, 0.25) is 0 Å². The second-order valence-corrected chi connectivity index (χ2v) is 7.56. The molecule has 3 rings (SSSR count). The summed E-state index contributed by atoms with van der Waals surface area (Å²) in [6.45, 7) is 6.55. The van der Waals surface area contributed by atoms with Crippen LogP contribution in [0.15, 0.2) is 23.2 Å². The lowest BCUT2D eigenvalue weighted by atomic mass is 9.89. The molecule has 1 aromatic rings. The van der Waals surface area contributed by atoms with Crippen LogP contribution in [0.1, 0.15) is 13.3 Å². The van der Waals surface area contributed by atoms with Gasteiger partial charge in [0, 0.05) is 43.2 Å². The number of hydrogen-bond donors (Lipinski definition) is 2. The summed E-state index contributed by atoms with van der Waals surface area (Å²) in [5, 5.41) is 7.66. The molecule has 1 unspecified atom stereocenters. The Labute approximate surface area is 177 Å². The molecule has 146 valence electrons. The average molecular weight is 495 g/mol. The third kappa shape index (κ3) is 5.07. The largest absolute Gasteiger partial charge is 0.495 e. The van der Waals surface area contributed by atoms with Crippen LogP contribution in [0.25, 0.3) is 0 Å². The molecule has 2 aliphatic rings. The predicted molar refractivity (Wildman–Crippen MR) is 117 cm³/mol. The Balaban J connectivity index is 0.00000243. The molecule has 26 heavy (non-hydrogen) atoms. The maximum Gasteiger partial charge on any atom is 0.191 e. The number of methoxy groups -OCH3 is 1. The van der Waals surface area contributed by atoms with Gasteiger partial charge in [0.25, 0.3) is 0 Å². The van der Waals surface area contributed by atoms with E-state index in [4.69, 9.17) is 21.1 Å². The summed E-state index contributed by atoms with van der Waals surface area (Å²) in [6, 6.07) is 6.07. The van der Waals surface area contributed by atoms with Crippen molar-refractivity contribution in [3.8, 4) is 5.75 Å². The molecule has 0 saturated carbocycles. The summed E-state index contributed by atoms with van der Waals surface area (Å²) >= 11 is 6.16. The highest BCUT2D eigenvalue weighted by atomic mass is 127. The normalized spacial score (nSPS) is 21.6. The molecule has 0 aromatic heterocycles. The van der Waals surface area contributed by atoms with Crippen LogP contribution in [-0.2, 0) is 4.74 Å². The molecule has 0 radical (unpaired) electrons. The predicted octanol–water partition coefficient (Wildman–Crippen LogP) is 2.75. The van der Waals surface area contributed by atoms with Crippen molar-refractivity contribution in [2.24, 2.45) is 10.4 Å². The SMILES string of the molecule is CN=C(NCC1(C)COC1)NC1CCN(c2cc(Cl)ccc2OC)C1.I. The number of guanidine groups is 1. The number of nitrogens with zero attached hydrogens (tertiary/aromatic N) is 2. The van der Waals surface area contributed by atoms with Crippen molar-refractivity contribution in [1.82, 2.24) is 10.6 Å². The van der Waals surface area contributed by atoms with E-state index in [1.54, 1.807) is 7.11 Å². The highest BCUT2D eigenvalue weighted by Crippen LogP contribution is 2.33. The maximum atomic E-state index is 6.16. The number of nitrogens with one attached hydrogen (secondary N) is 2. The lowest BCUT2D eigenvalue weighted by Gasteiger charge is -2.38. The van der Waals surface area contributed by atoms with Gasteiger partial charge in [0.05, 0.1) is 26.0 Å². The van der Waals surface area contributed by atoms with Crippen molar-refractivity contribution in [3.63, 3.8) is 0 Å². The first-order valence-corrected chi connectivity index (χ1v) is 9.04. The second kappa shape index (κ2) is 9.32. The smallest absolute Gasteiger partial charge is 0.191 e. The first-order valence-electron chi connectivity index (χ1n) is 8.66.